The normalized spacial score (nSPS) is 20.6. The zero-order chi connectivity index (χ0) is 16.1. The highest BCUT2D eigenvalue weighted by molar-refractivity contribution is 9.11. The summed E-state index contributed by atoms with van der Waals surface area (Å²) in [6, 6.07) is 2.53. The first kappa shape index (κ1) is 16.3. The molecule has 0 fully saturated rings. The summed E-state index contributed by atoms with van der Waals surface area (Å²) < 4.78 is 63.2. The molecule has 0 spiro atoms. The second-order valence-corrected chi connectivity index (χ2v) is 8.79. The van der Waals surface area contributed by atoms with E-state index in [4.69, 9.17) is 4.84 Å². The molecule has 9 heteroatoms. The molecule has 2 rings (SSSR count). The second-order valence-electron chi connectivity index (χ2n) is 5.13. The molecule has 1 heterocycles. The Labute approximate surface area is 128 Å². The predicted molar refractivity (Wildman–Crippen MR) is 74.2 cm³/mol. The summed E-state index contributed by atoms with van der Waals surface area (Å²) in [5.41, 5.74) is -2.17. The van der Waals surface area contributed by atoms with E-state index in [2.05, 4.69) is 21.1 Å². The van der Waals surface area contributed by atoms with E-state index in [0.717, 1.165) is 18.2 Å². The zero-order valence-electron chi connectivity index (χ0n) is 11.0. The van der Waals surface area contributed by atoms with Gasteiger partial charge in [0.2, 0.25) is 9.84 Å². The number of benzene rings is 1. The molecule has 0 radical (unpaired) electrons. The monoisotopic (exact) mass is 385 g/mol. The summed E-state index contributed by atoms with van der Waals surface area (Å²) in [6.45, 7) is 3.10. The molecule has 0 aliphatic carbocycles. The number of hydrogen-bond donors (Lipinski definition) is 0. The Morgan fingerprint density at radius 3 is 2.29 bits per heavy atom. The lowest BCUT2D eigenvalue weighted by atomic mass is 10.1. The minimum Gasteiger partial charge on any atom is -0.389 e. The zero-order valence-corrected chi connectivity index (χ0v) is 13.4. The molecule has 4 nitrogen and oxygen atoms in total. The van der Waals surface area contributed by atoms with Crippen molar-refractivity contribution in [3.05, 3.63) is 35.4 Å². The van der Waals surface area contributed by atoms with E-state index in [1.165, 1.54) is 0 Å². The molecule has 1 aliphatic heterocycles. The fourth-order valence-corrected chi connectivity index (χ4v) is 4.18. The van der Waals surface area contributed by atoms with Crippen molar-refractivity contribution in [2.45, 2.75) is 29.8 Å². The first-order valence-corrected chi connectivity index (χ1v) is 8.09. The Bertz CT molecular complexity index is 696. The van der Waals surface area contributed by atoms with Gasteiger partial charge in [-0.3, -0.25) is 0 Å². The molecule has 1 unspecified atom stereocenters. The fourth-order valence-electron chi connectivity index (χ4n) is 1.81. The number of halogens is 4. The van der Waals surface area contributed by atoms with Crippen LogP contribution in [0.15, 0.2) is 23.4 Å². The number of oxime groups is 1. The minimum absolute atomic E-state index is 0.206. The minimum atomic E-state index is -4.81. The molecule has 1 aromatic carbocycles. The van der Waals surface area contributed by atoms with Gasteiger partial charge in [0.1, 0.15) is 17.2 Å². The molecule has 0 saturated carbocycles. The molecular formula is C12H11BrF3NO3S. The van der Waals surface area contributed by atoms with E-state index in [1.54, 1.807) is 13.8 Å². The quantitative estimate of drug-likeness (QED) is 0.733. The summed E-state index contributed by atoms with van der Waals surface area (Å²) in [6.07, 6.45) is -0.206. The first-order valence-electron chi connectivity index (χ1n) is 5.81. The number of alkyl halides is 2. The Morgan fingerprint density at radius 1 is 1.33 bits per heavy atom. The van der Waals surface area contributed by atoms with E-state index in [1.807, 2.05) is 0 Å². The highest BCUT2D eigenvalue weighted by Crippen LogP contribution is 2.44. The van der Waals surface area contributed by atoms with Crippen LogP contribution in [0.5, 0.6) is 0 Å². The van der Waals surface area contributed by atoms with E-state index in [0.29, 0.717) is 0 Å². The molecule has 116 valence electrons. The van der Waals surface area contributed by atoms with Gasteiger partial charge >= 0.3 is 3.91 Å². The van der Waals surface area contributed by atoms with Crippen molar-refractivity contribution in [3.8, 4) is 0 Å². The molecule has 0 bridgehead atoms. The van der Waals surface area contributed by atoms with Crippen LogP contribution in [0.3, 0.4) is 0 Å². The van der Waals surface area contributed by atoms with Crippen LogP contribution < -0.4 is 0 Å². The van der Waals surface area contributed by atoms with Gasteiger partial charge in [-0.25, -0.2) is 21.6 Å². The van der Waals surface area contributed by atoms with Crippen LogP contribution in [0.4, 0.5) is 13.2 Å². The number of rotatable bonds is 2. The van der Waals surface area contributed by atoms with Crippen LogP contribution in [0, 0.1) is 11.6 Å². The number of sulfone groups is 1. The van der Waals surface area contributed by atoms with Gasteiger partial charge in [-0.1, -0.05) is 11.2 Å². The molecule has 0 amide bonds. The molecule has 0 N–H and O–H groups in total. The number of hydrogen-bond acceptors (Lipinski definition) is 4. The van der Waals surface area contributed by atoms with Gasteiger partial charge in [-0.05, 0) is 41.9 Å². The maximum atomic E-state index is 14.7. The standard InChI is InChI=1S/C12H11BrF3NO3S/c1-11(2)6-9(17-20-11)21(18,19)12(13,16)10-7(14)4-3-5-8(10)15/h3-5H,6H2,1-2H3. The van der Waals surface area contributed by atoms with E-state index >= 15 is 0 Å². The van der Waals surface area contributed by atoms with Crippen LogP contribution in [0.25, 0.3) is 0 Å². The molecule has 21 heavy (non-hydrogen) atoms. The molecule has 1 atom stereocenters. The third kappa shape index (κ3) is 2.68. The lowest BCUT2D eigenvalue weighted by Gasteiger charge is -2.20. The van der Waals surface area contributed by atoms with Crippen molar-refractivity contribution in [1.29, 1.82) is 0 Å². The molecular weight excluding hydrogens is 375 g/mol. The maximum absolute atomic E-state index is 14.7. The van der Waals surface area contributed by atoms with Crippen molar-refractivity contribution in [2.75, 3.05) is 0 Å². The van der Waals surface area contributed by atoms with Crippen LogP contribution in [0.2, 0.25) is 0 Å². The first-order chi connectivity index (χ1) is 9.49. The van der Waals surface area contributed by atoms with E-state index < -0.39 is 41.6 Å². The smallest absolute Gasteiger partial charge is 0.300 e. The third-order valence-corrected chi connectivity index (χ3v) is 6.27. The highest BCUT2D eigenvalue weighted by Gasteiger charge is 2.53. The van der Waals surface area contributed by atoms with Gasteiger partial charge in [-0.2, -0.15) is 0 Å². The van der Waals surface area contributed by atoms with Crippen molar-refractivity contribution < 1.29 is 26.4 Å². The SMILES string of the molecule is CC1(C)CC(S(=O)(=O)C(F)(Br)c2c(F)cccc2F)=NO1. The van der Waals surface area contributed by atoms with Gasteiger partial charge in [0.15, 0.2) is 5.04 Å². The fraction of sp³-hybridized carbons (Fsp3) is 0.417. The molecule has 0 aromatic heterocycles. The lowest BCUT2D eigenvalue weighted by molar-refractivity contribution is 0.0123. The Morgan fingerprint density at radius 2 is 1.86 bits per heavy atom. The summed E-state index contributed by atoms with van der Waals surface area (Å²) >= 11 is 2.29. The summed E-state index contributed by atoms with van der Waals surface area (Å²) in [5.74, 6) is -2.64. The summed E-state index contributed by atoms with van der Waals surface area (Å²) in [4.78, 5) is 4.86. The van der Waals surface area contributed by atoms with Crippen LogP contribution in [0.1, 0.15) is 25.8 Å². The predicted octanol–water partition coefficient (Wildman–Crippen LogP) is 3.37. The molecule has 1 aromatic rings. The van der Waals surface area contributed by atoms with Crippen molar-refractivity contribution in [2.24, 2.45) is 5.16 Å². The van der Waals surface area contributed by atoms with Gasteiger partial charge < -0.3 is 4.84 Å². The Kier molecular flexibility index (Phi) is 3.86. The Balaban J connectivity index is 2.54. The third-order valence-electron chi connectivity index (χ3n) is 2.87. The van der Waals surface area contributed by atoms with Gasteiger partial charge in [0, 0.05) is 6.42 Å². The van der Waals surface area contributed by atoms with E-state index in [9.17, 15) is 21.6 Å². The average Bonchev–Trinajstić information content (AvgIpc) is 2.69. The second kappa shape index (κ2) is 4.98. The van der Waals surface area contributed by atoms with Crippen LogP contribution in [-0.2, 0) is 18.6 Å². The summed E-state index contributed by atoms with van der Waals surface area (Å²) in [7, 11) is -4.81. The maximum Gasteiger partial charge on any atom is 0.300 e. The average molecular weight is 386 g/mol. The molecule has 1 aliphatic rings. The van der Waals surface area contributed by atoms with E-state index in [-0.39, 0.29) is 6.42 Å². The van der Waals surface area contributed by atoms with Crippen molar-refractivity contribution in [3.63, 3.8) is 0 Å². The van der Waals surface area contributed by atoms with Gasteiger partial charge in [0.25, 0.3) is 0 Å². The van der Waals surface area contributed by atoms with Crippen molar-refractivity contribution in [1.82, 2.24) is 0 Å². The summed E-state index contributed by atoms with van der Waals surface area (Å²) in [5, 5.41) is 2.71. The van der Waals surface area contributed by atoms with Crippen LogP contribution in [-0.4, -0.2) is 19.1 Å². The molecule has 0 saturated heterocycles. The largest absolute Gasteiger partial charge is 0.389 e. The number of nitrogens with zero attached hydrogens (tertiary/aromatic N) is 1. The van der Waals surface area contributed by atoms with Crippen LogP contribution >= 0.6 is 15.9 Å². The van der Waals surface area contributed by atoms with Gasteiger partial charge in [0.05, 0.1) is 5.56 Å². The Hall–Kier alpha value is -1.09. The topological polar surface area (TPSA) is 55.7 Å². The highest BCUT2D eigenvalue weighted by atomic mass is 79.9. The van der Waals surface area contributed by atoms with Crippen molar-refractivity contribution >= 4 is 30.8 Å². The lowest BCUT2D eigenvalue weighted by Crippen LogP contribution is -2.34. The van der Waals surface area contributed by atoms with Gasteiger partial charge in [-0.15, -0.1) is 0 Å².